The van der Waals surface area contributed by atoms with Crippen LogP contribution in [-0.2, 0) is 20.7 Å². The summed E-state index contributed by atoms with van der Waals surface area (Å²) in [5.41, 5.74) is 1.01. The number of rotatable bonds is 7. The van der Waals surface area contributed by atoms with E-state index in [1.54, 1.807) is 31.2 Å². The van der Waals surface area contributed by atoms with Crippen LogP contribution < -0.4 is 15.7 Å². The van der Waals surface area contributed by atoms with E-state index in [1.165, 1.54) is 19.4 Å². The van der Waals surface area contributed by atoms with Crippen molar-refractivity contribution in [3.63, 3.8) is 0 Å². The number of hydrogen-bond acceptors (Lipinski definition) is 7. The molecule has 30 heavy (non-hydrogen) atoms. The van der Waals surface area contributed by atoms with E-state index in [0.29, 0.717) is 27.7 Å². The fraction of sp³-hybridized carbons (Fsp3) is 0.238. The number of amides is 1. The van der Waals surface area contributed by atoms with Crippen molar-refractivity contribution in [1.82, 2.24) is 4.98 Å². The van der Waals surface area contributed by atoms with Crippen LogP contribution in [-0.4, -0.2) is 30.6 Å². The average molecular weight is 431 g/mol. The molecule has 0 atom stereocenters. The Balaban J connectivity index is 1.57. The highest BCUT2D eigenvalue weighted by atomic mass is 35.5. The van der Waals surface area contributed by atoms with Crippen LogP contribution in [0.5, 0.6) is 5.75 Å². The van der Waals surface area contributed by atoms with E-state index in [-0.39, 0.29) is 12.8 Å². The molecule has 0 saturated carbocycles. The fourth-order valence-corrected chi connectivity index (χ4v) is 2.98. The molecule has 0 unspecified atom stereocenters. The SMILES string of the molecule is COc1ccc2c(C)c(CCC(=O)OCC(=O)Nc3ccc(Cl)cn3)c(=O)oc2c1. The standard InChI is InChI=1S/C21H19ClN2O6/c1-12-15-5-4-14(28-2)9-17(15)30-21(27)16(12)6-8-20(26)29-11-19(25)24-18-7-3-13(22)10-23-18/h3-5,7,9-10H,6,8,11H2,1-2H3,(H,23,24,25). The summed E-state index contributed by atoms with van der Waals surface area (Å²) in [7, 11) is 1.53. The lowest BCUT2D eigenvalue weighted by molar-refractivity contribution is -0.147. The van der Waals surface area contributed by atoms with Gasteiger partial charge in [0.1, 0.15) is 17.2 Å². The van der Waals surface area contributed by atoms with Crippen LogP contribution in [0.15, 0.2) is 45.7 Å². The van der Waals surface area contributed by atoms with Gasteiger partial charge in [-0.3, -0.25) is 9.59 Å². The first-order valence-electron chi connectivity index (χ1n) is 9.04. The van der Waals surface area contributed by atoms with Crippen LogP contribution in [0.3, 0.4) is 0 Å². The van der Waals surface area contributed by atoms with Crippen molar-refractivity contribution in [2.45, 2.75) is 19.8 Å². The zero-order valence-corrected chi connectivity index (χ0v) is 17.1. The van der Waals surface area contributed by atoms with E-state index in [9.17, 15) is 14.4 Å². The molecule has 1 aromatic carbocycles. The molecule has 0 saturated heterocycles. The molecule has 0 radical (unpaired) electrons. The summed E-state index contributed by atoms with van der Waals surface area (Å²) < 4.78 is 15.5. The van der Waals surface area contributed by atoms with Gasteiger partial charge in [0.15, 0.2) is 6.61 Å². The van der Waals surface area contributed by atoms with Gasteiger partial charge in [0.25, 0.3) is 5.91 Å². The number of pyridine rings is 1. The summed E-state index contributed by atoms with van der Waals surface area (Å²) in [6, 6.07) is 8.30. The van der Waals surface area contributed by atoms with Crippen molar-refractivity contribution in [3.8, 4) is 5.75 Å². The number of aromatic nitrogens is 1. The average Bonchev–Trinajstić information content (AvgIpc) is 2.73. The topological polar surface area (TPSA) is 108 Å². The summed E-state index contributed by atoms with van der Waals surface area (Å²) >= 11 is 5.73. The van der Waals surface area contributed by atoms with E-state index < -0.39 is 24.1 Å². The minimum Gasteiger partial charge on any atom is -0.497 e. The maximum absolute atomic E-state index is 12.3. The second-order valence-corrected chi connectivity index (χ2v) is 6.86. The maximum atomic E-state index is 12.3. The number of halogens is 1. The van der Waals surface area contributed by atoms with Gasteiger partial charge >= 0.3 is 11.6 Å². The maximum Gasteiger partial charge on any atom is 0.339 e. The number of esters is 1. The van der Waals surface area contributed by atoms with Gasteiger partial charge in [0.05, 0.1) is 12.1 Å². The zero-order valence-electron chi connectivity index (χ0n) is 16.4. The van der Waals surface area contributed by atoms with E-state index in [0.717, 1.165) is 10.9 Å². The zero-order chi connectivity index (χ0) is 21.7. The van der Waals surface area contributed by atoms with Crippen molar-refractivity contribution in [3.05, 3.63) is 63.1 Å². The van der Waals surface area contributed by atoms with Gasteiger partial charge in [0.2, 0.25) is 0 Å². The molecule has 156 valence electrons. The van der Waals surface area contributed by atoms with Gasteiger partial charge in [-0.2, -0.15) is 0 Å². The Labute approximate surface area is 176 Å². The molecule has 3 aromatic rings. The number of fused-ring (bicyclic) bond motifs is 1. The Morgan fingerprint density at radius 2 is 2.03 bits per heavy atom. The molecule has 0 spiro atoms. The number of methoxy groups -OCH3 is 1. The van der Waals surface area contributed by atoms with Crippen LogP contribution in [0, 0.1) is 6.92 Å². The second kappa shape index (κ2) is 9.41. The van der Waals surface area contributed by atoms with Gasteiger partial charge in [-0.15, -0.1) is 0 Å². The van der Waals surface area contributed by atoms with Crippen molar-refractivity contribution in [2.75, 3.05) is 19.0 Å². The number of benzene rings is 1. The predicted octanol–water partition coefficient (Wildman–Crippen LogP) is 3.27. The smallest absolute Gasteiger partial charge is 0.339 e. The molecular weight excluding hydrogens is 412 g/mol. The lowest BCUT2D eigenvalue weighted by Crippen LogP contribution is -2.22. The van der Waals surface area contributed by atoms with E-state index in [4.69, 9.17) is 25.5 Å². The summed E-state index contributed by atoms with van der Waals surface area (Å²) in [4.78, 5) is 40.1. The van der Waals surface area contributed by atoms with Gasteiger partial charge in [-0.1, -0.05) is 11.6 Å². The Bertz CT molecular complexity index is 1140. The lowest BCUT2D eigenvalue weighted by atomic mass is 10.0. The number of anilines is 1. The number of carbonyl (C=O) groups excluding carboxylic acids is 2. The molecule has 2 aromatic heterocycles. The third-order valence-corrected chi connectivity index (χ3v) is 4.66. The summed E-state index contributed by atoms with van der Waals surface area (Å²) in [6.07, 6.45) is 1.45. The van der Waals surface area contributed by atoms with Crippen LogP contribution in [0.25, 0.3) is 11.0 Å². The van der Waals surface area contributed by atoms with Crippen molar-refractivity contribution in [2.24, 2.45) is 0 Å². The van der Waals surface area contributed by atoms with E-state index >= 15 is 0 Å². The summed E-state index contributed by atoms with van der Waals surface area (Å²) in [5, 5.41) is 3.68. The van der Waals surface area contributed by atoms with Gasteiger partial charge < -0.3 is 19.2 Å². The molecule has 1 N–H and O–H groups in total. The number of nitrogens with one attached hydrogen (secondary N) is 1. The second-order valence-electron chi connectivity index (χ2n) is 6.43. The summed E-state index contributed by atoms with van der Waals surface area (Å²) in [6.45, 7) is 1.33. The van der Waals surface area contributed by atoms with Crippen molar-refractivity contribution >= 4 is 40.3 Å². The molecule has 0 fully saturated rings. The summed E-state index contributed by atoms with van der Waals surface area (Å²) in [5.74, 6) is -0.272. The molecule has 9 heteroatoms. The van der Waals surface area contributed by atoms with Gasteiger partial charge in [-0.05, 0) is 43.2 Å². The normalized spacial score (nSPS) is 10.6. The molecule has 0 aliphatic rings. The molecule has 3 rings (SSSR count). The molecule has 0 aliphatic heterocycles. The Morgan fingerprint density at radius 1 is 1.23 bits per heavy atom. The minimum absolute atomic E-state index is 0.0697. The van der Waals surface area contributed by atoms with E-state index in [2.05, 4.69) is 10.3 Å². The fourth-order valence-electron chi connectivity index (χ4n) is 2.86. The van der Waals surface area contributed by atoms with Crippen molar-refractivity contribution in [1.29, 1.82) is 0 Å². The molecule has 0 bridgehead atoms. The molecule has 1 amide bonds. The van der Waals surface area contributed by atoms with Crippen LogP contribution in [0.4, 0.5) is 5.82 Å². The minimum atomic E-state index is -0.608. The Morgan fingerprint density at radius 3 is 2.73 bits per heavy atom. The first-order chi connectivity index (χ1) is 14.4. The first-order valence-corrected chi connectivity index (χ1v) is 9.42. The largest absolute Gasteiger partial charge is 0.497 e. The number of aryl methyl sites for hydroxylation is 1. The van der Waals surface area contributed by atoms with Gasteiger partial charge in [0, 0.05) is 29.6 Å². The molecular formula is C21H19ClN2O6. The van der Waals surface area contributed by atoms with Crippen molar-refractivity contribution < 1.29 is 23.5 Å². The highest BCUT2D eigenvalue weighted by Gasteiger charge is 2.15. The highest BCUT2D eigenvalue weighted by Crippen LogP contribution is 2.24. The number of hydrogen-bond donors (Lipinski definition) is 1. The third kappa shape index (κ3) is 5.15. The number of nitrogens with zero attached hydrogens (tertiary/aromatic N) is 1. The first kappa shape index (κ1) is 21.3. The Hall–Kier alpha value is -3.39. The monoisotopic (exact) mass is 430 g/mol. The molecule has 0 aliphatic carbocycles. The number of ether oxygens (including phenoxy) is 2. The van der Waals surface area contributed by atoms with Crippen LogP contribution >= 0.6 is 11.6 Å². The quantitative estimate of drug-likeness (QED) is 0.452. The van der Waals surface area contributed by atoms with E-state index in [1.807, 2.05) is 0 Å². The third-order valence-electron chi connectivity index (χ3n) is 4.43. The lowest BCUT2D eigenvalue weighted by Gasteiger charge is -2.09. The van der Waals surface area contributed by atoms with Crippen LogP contribution in [0.2, 0.25) is 5.02 Å². The predicted molar refractivity (Wildman–Crippen MR) is 111 cm³/mol. The molecule has 8 nitrogen and oxygen atoms in total. The van der Waals surface area contributed by atoms with Gasteiger partial charge in [-0.25, -0.2) is 9.78 Å². The number of carbonyl (C=O) groups is 2. The van der Waals surface area contributed by atoms with Crippen LogP contribution in [0.1, 0.15) is 17.5 Å². The Kier molecular flexibility index (Phi) is 6.68. The molecule has 2 heterocycles. The highest BCUT2D eigenvalue weighted by molar-refractivity contribution is 6.30.